The van der Waals surface area contributed by atoms with E-state index in [1.54, 1.807) is 0 Å². The van der Waals surface area contributed by atoms with E-state index < -0.39 is 0 Å². The van der Waals surface area contributed by atoms with Gasteiger partial charge in [-0.15, -0.1) is 0 Å². The molecule has 0 bridgehead atoms. The molecule has 0 saturated carbocycles. The molecule has 0 aliphatic rings. The molecule has 0 unspecified atom stereocenters. The molecular formula is C23H28ClN3O. The van der Waals surface area contributed by atoms with Crippen LogP contribution in [0, 0.1) is 0 Å². The zero-order chi connectivity index (χ0) is 20.1. The second-order valence-electron chi connectivity index (χ2n) is 7.28. The summed E-state index contributed by atoms with van der Waals surface area (Å²) >= 11 is 6.40. The molecule has 0 aliphatic carbocycles. The number of para-hydroxylation sites is 2. The molecule has 1 N–H and O–H groups in total. The van der Waals surface area contributed by atoms with Crippen LogP contribution in [-0.4, -0.2) is 21.5 Å². The highest BCUT2D eigenvalue weighted by atomic mass is 35.5. The monoisotopic (exact) mass is 397 g/mol. The van der Waals surface area contributed by atoms with Crippen LogP contribution in [0.1, 0.15) is 57.5 Å². The van der Waals surface area contributed by atoms with Gasteiger partial charge in [-0.3, -0.25) is 4.79 Å². The van der Waals surface area contributed by atoms with Gasteiger partial charge in [-0.25, -0.2) is 4.98 Å². The Hall–Kier alpha value is -2.33. The van der Waals surface area contributed by atoms with Crippen molar-refractivity contribution < 1.29 is 4.79 Å². The molecule has 0 aliphatic heterocycles. The summed E-state index contributed by atoms with van der Waals surface area (Å²) in [7, 11) is 0. The first-order chi connectivity index (χ1) is 13.5. The smallest absolute Gasteiger partial charge is 0.243 e. The lowest BCUT2D eigenvalue weighted by molar-refractivity contribution is -0.125. The number of benzene rings is 2. The maximum absolute atomic E-state index is 13.1. The highest BCUT2D eigenvalue weighted by molar-refractivity contribution is 6.31. The van der Waals surface area contributed by atoms with Gasteiger partial charge in [-0.1, -0.05) is 62.2 Å². The molecule has 2 aromatic carbocycles. The van der Waals surface area contributed by atoms with Gasteiger partial charge in [0.15, 0.2) is 0 Å². The number of aromatic nitrogens is 2. The Labute approximate surface area is 171 Å². The first-order valence-corrected chi connectivity index (χ1v) is 10.4. The quantitative estimate of drug-likeness (QED) is 0.542. The van der Waals surface area contributed by atoms with Crippen molar-refractivity contribution in [1.29, 1.82) is 0 Å². The number of carbonyl (C=O) groups is 1. The number of nitrogens with zero attached hydrogens (tertiary/aromatic N) is 2. The number of nitrogens with one attached hydrogen (secondary N) is 1. The zero-order valence-corrected chi connectivity index (χ0v) is 17.5. The van der Waals surface area contributed by atoms with Crippen molar-refractivity contribution in [3.05, 3.63) is 64.9 Å². The second-order valence-corrected chi connectivity index (χ2v) is 7.68. The summed E-state index contributed by atoms with van der Waals surface area (Å²) < 4.78 is 2.11. The molecule has 1 heterocycles. The van der Waals surface area contributed by atoms with Gasteiger partial charge in [0.2, 0.25) is 5.91 Å². The Bertz CT molecular complexity index is 950. The lowest BCUT2D eigenvalue weighted by Gasteiger charge is -2.23. The largest absolute Gasteiger partial charge is 0.352 e. The van der Waals surface area contributed by atoms with E-state index in [1.165, 1.54) is 0 Å². The highest BCUT2D eigenvalue weighted by Gasteiger charge is 2.26. The molecule has 4 nitrogen and oxygen atoms in total. The van der Waals surface area contributed by atoms with E-state index in [9.17, 15) is 4.79 Å². The van der Waals surface area contributed by atoms with Gasteiger partial charge in [0.1, 0.15) is 11.9 Å². The summed E-state index contributed by atoms with van der Waals surface area (Å²) in [6.45, 7) is 6.23. The molecule has 2 atom stereocenters. The van der Waals surface area contributed by atoms with Gasteiger partial charge < -0.3 is 9.88 Å². The van der Waals surface area contributed by atoms with Crippen LogP contribution in [0.4, 0.5) is 0 Å². The summed E-state index contributed by atoms with van der Waals surface area (Å²) in [5.41, 5.74) is 2.91. The van der Waals surface area contributed by atoms with E-state index in [2.05, 4.69) is 23.7 Å². The minimum Gasteiger partial charge on any atom is -0.352 e. The molecule has 28 heavy (non-hydrogen) atoms. The zero-order valence-electron chi connectivity index (χ0n) is 16.8. The SMILES string of the molecule is CCC[C@H](C(=O)N[C@H](C)CC)n1c(Cc2ccccc2Cl)nc2ccccc21. The minimum atomic E-state index is -0.288. The Morgan fingerprint density at radius 2 is 1.86 bits per heavy atom. The fraction of sp³-hybridized carbons (Fsp3) is 0.391. The minimum absolute atomic E-state index is 0.0553. The van der Waals surface area contributed by atoms with Crippen LogP contribution in [0.2, 0.25) is 5.02 Å². The number of imidazole rings is 1. The summed E-state index contributed by atoms with van der Waals surface area (Å²) in [4.78, 5) is 18.0. The van der Waals surface area contributed by atoms with E-state index in [1.807, 2.05) is 55.5 Å². The summed E-state index contributed by atoms with van der Waals surface area (Å²) in [6, 6.07) is 15.7. The Balaban J connectivity index is 2.08. The van der Waals surface area contributed by atoms with Crippen molar-refractivity contribution in [2.75, 3.05) is 0 Å². The van der Waals surface area contributed by atoms with Crippen LogP contribution in [0.5, 0.6) is 0 Å². The molecule has 1 amide bonds. The third-order valence-electron chi connectivity index (χ3n) is 5.15. The fourth-order valence-corrected chi connectivity index (χ4v) is 3.67. The number of hydrogen-bond acceptors (Lipinski definition) is 2. The summed E-state index contributed by atoms with van der Waals surface area (Å²) in [5.74, 6) is 0.923. The predicted molar refractivity (Wildman–Crippen MR) is 116 cm³/mol. The number of rotatable bonds is 8. The van der Waals surface area contributed by atoms with Crippen molar-refractivity contribution in [3.8, 4) is 0 Å². The van der Waals surface area contributed by atoms with Gasteiger partial charge in [-0.05, 0) is 43.5 Å². The number of amides is 1. The first kappa shape index (κ1) is 20.4. The maximum Gasteiger partial charge on any atom is 0.243 e. The van der Waals surface area contributed by atoms with Gasteiger partial charge in [0.25, 0.3) is 0 Å². The Morgan fingerprint density at radius 1 is 1.14 bits per heavy atom. The molecule has 0 saturated heterocycles. The van der Waals surface area contributed by atoms with Crippen LogP contribution >= 0.6 is 11.6 Å². The van der Waals surface area contributed by atoms with Crippen LogP contribution in [0.15, 0.2) is 48.5 Å². The second kappa shape index (κ2) is 9.24. The predicted octanol–water partition coefficient (Wildman–Crippen LogP) is 5.54. The maximum atomic E-state index is 13.1. The van der Waals surface area contributed by atoms with Gasteiger partial charge >= 0.3 is 0 Å². The fourth-order valence-electron chi connectivity index (χ4n) is 3.47. The Morgan fingerprint density at radius 3 is 2.57 bits per heavy atom. The molecule has 3 aromatic rings. The lowest BCUT2D eigenvalue weighted by Crippen LogP contribution is -2.38. The number of fused-ring (bicyclic) bond motifs is 1. The molecule has 3 rings (SSSR count). The molecule has 0 radical (unpaired) electrons. The normalized spacial score (nSPS) is 13.4. The Kier molecular flexibility index (Phi) is 6.74. The molecule has 1 aromatic heterocycles. The molecule has 0 fully saturated rings. The van der Waals surface area contributed by atoms with Crippen molar-refractivity contribution in [2.45, 2.75) is 58.5 Å². The molecule has 148 valence electrons. The van der Waals surface area contributed by atoms with E-state index in [-0.39, 0.29) is 18.0 Å². The molecule has 5 heteroatoms. The number of halogens is 1. The number of hydrogen-bond donors (Lipinski definition) is 1. The average Bonchev–Trinajstić information content (AvgIpc) is 3.05. The third-order valence-corrected chi connectivity index (χ3v) is 5.52. The van der Waals surface area contributed by atoms with Crippen molar-refractivity contribution in [1.82, 2.24) is 14.9 Å². The average molecular weight is 398 g/mol. The summed E-state index contributed by atoms with van der Waals surface area (Å²) in [5, 5.41) is 3.88. The van der Waals surface area contributed by atoms with E-state index in [0.717, 1.165) is 46.7 Å². The van der Waals surface area contributed by atoms with Gasteiger partial charge in [0, 0.05) is 17.5 Å². The van der Waals surface area contributed by atoms with Crippen molar-refractivity contribution in [3.63, 3.8) is 0 Å². The highest BCUT2D eigenvalue weighted by Crippen LogP contribution is 2.28. The standard InChI is InChI=1S/C23H28ClN3O/c1-4-10-21(23(28)25-16(3)5-2)27-20-14-9-8-13-19(20)26-22(27)15-17-11-6-7-12-18(17)24/h6-9,11-14,16,21H,4-5,10,15H2,1-3H3,(H,25,28)/t16-,21-/m1/s1. The van der Waals surface area contributed by atoms with Gasteiger partial charge in [0.05, 0.1) is 11.0 Å². The van der Waals surface area contributed by atoms with E-state index in [0.29, 0.717) is 6.42 Å². The lowest BCUT2D eigenvalue weighted by atomic mass is 10.1. The first-order valence-electron chi connectivity index (χ1n) is 10.0. The van der Waals surface area contributed by atoms with Crippen molar-refractivity contribution >= 4 is 28.5 Å². The van der Waals surface area contributed by atoms with Gasteiger partial charge in [-0.2, -0.15) is 0 Å². The summed E-state index contributed by atoms with van der Waals surface area (Å²) in [6.07, 6.45) is 3.17. The third kappa shape index (κ3) is 4.39. The molecular weight excluding hydrogens is 370 g/mol. The van der Waals surface area contributed by atoms with E-state index >= 15 is 0 Å². The van der Waals surface area contributed by atoms with Crippen LogP contribution in [0.3, 0.4) is 0 Å². The van der Waals surface area contributed by atoms with Crippen LogP contribution in [-0.2, 0) is 11.2 Å². The molecule has 0 spiro atoms. The topological polar surface area (TPSA) is 46.9 Å². The van der Waals surface area contributed by atoms with Crippen LogP contribution < -0.4 is 5.32 Å². The van der Waals surface area contributed by atoms with Crippen LogP contribution in [0.25, 0.3) is 11.0 Å². The van der Waals surface area contributed by atoms with E-state index in [4.69, 9.17) is 16.6 Å². The van der Waals surface area contributed by atoms with Crippen molar-refractivity contribution in [2.24, 2.45) is 0 Å². The number of carbonyl (C=O) groups excluding carboxylic acids is 1.